The van der Waals surface area contributed by atoms with Gasteiger partial charge in [-0.15, -0.1) is 0 Å². The van der Waals surface area contributed by atoms with Gasteiger partial charge < -0.3 is 5.32 Å². The molecule has 0 aliphatic carbocycles. The fourth-order valence-corrected chi connectivity index (χ4v) is 3.05. The van der Waals surface area contributed by atoms with E-state index in [4.69, 9.17) is 0 Å². The summed E-state index contributed by atoms with van der Waals surface area (Å²) < 4.78 is 1.47. The molecule has 0 radical (unpaired) electrons. The summed E-state index contributed by atoms with van der Waals surface area (Å²) in [6, 6.07) is 12.1. The lowest BCUT2D eigenvalue weighted by atomic mass is 10.1. The lowest BCUT2D eigenvalue weighted by Gasteiger charge is -2.16. The van der Waals surface area contributed by atoms with E-state index >= 15 is 0 Å². The third-order valence-electron chi connectivity index (χ3n) is 3.38. The number of hydrogen-bond donors (Lipinski definition) is 1. The van der Waals surface area contributed by atoms with Crippen molar-refractivity contribution >= 4 is 60.8 Å². The van der Waals surface area contributed by atoms with Crippen LogP contribution in [-0.4, -0.2) is 24.1 Å². The lowest BCUT2D eigenvalue weighted by Crippen LogP contribution is -2.37. The summed E-state index contributed by atoms with van der Waals surface area (Å²) in [5, 5.41) is 2.72. The summed E-state index contributed by atoms with van der Waals surface area (Å²) in [7, 11) is 0. The van der Waals surface area contributed by atoms with Crippen LogP contribution < -0.4 is 10.2 Å². The number of carbonyl (C=O) groups is 3. The first-order chi connectivity index (χ1) is 11.0. The van der Waals surface area contributed by atoms with Gasteiger partial charge in [-0.1, -0.05) is 28.1 Å². The smallest absolute Gasteiger partial charge is 0.299 e. The number of fused-ring (bicyclic) bond motifs is 1. The summed E-state index contributed by atoms with van der Waals surface area (Å²) >= 11 is 6.64. The molecule has 7 heteroatoms. The van der Waals surface area contributed by atoms with E-state index in [1.165, 1.54) is 4.90 Å². The van der Waals surface area contributed by atoms with Crippen LogP contribution in [0.15, 0.2) is 51.4 Å². The zero-order valence-corrected chi connectivity index (χ0v) is 14.8. The number of anilines is 2. The van der Waals surface area contributed by atoms with E-state index in [0.29, 0.717) is 16.9 Å². The van der Waals surface area contributed by atoms with Crippen LogP contribution in [-0.2, 0) is 9.59 Å². The number of para-hydroxylation sites is 1. The lowest BCUT2D eigenvalue weighted by molar-refractivity contribution is -0.118. The molecule has 2 aromatic rings. The van der Waals surface area contributed by atoms with Gasteiger partial charge in [0.25, 0.3) is 11.7 Å². The standard InChI is InChI=1S/C16H10Br2N2O3/c17-9-5-6-10-13(7-9)20(16(23)15(10)22)8-14(21)19-12-4-2-1-3-11(12)18/h1-7H,8H2,(H,19,21). The highest BCUT2D eigenvalue weighted by molar-refractivity contribution is 9.10. The number of carbonyl (C=O) groups excluding carboxylic acids is 3. The van der Waals surface area contributed by atoms with Crippen LogP contribution in [0, 0.1) is 0 Å². The van der Waals surface area contributed by atoms with Crippen molar-refractivity contribution in [1.82, 2.24) is 0 Å². The summed E-state index contributed by atoms with van der Waals surface area (Å²) in [5.74, 6) is -1.67. The van der Waals surface area contributed by atoms with Crippen LogP contribution in [0.25, 0.3) is 0 Å². The largest absolute Gasteiger partial charge is 0.324 e. The van der Waals surface area contributed by atoms with E-state index in [-0.39, 0.29) is 12.5 Å². The maximum Gasteiger partial charge on any atom is 0.299 e. The molecule has 1 aliphatic heterocycles. The van der Waals surface area contributed by atoms with Gasteiger partial charge in [-0.05, 0) is 46.3 Å². The molecular weight excluding hydrogens is 428 g/mol. The van der Waals surface area contributed by atoms with Crippen LogP contribution in [0.2, 0.25) is 0 Å². The van der Waals surface area contributed by atoms with E-state index in [0.717, 1.165) is 8.95 Å². The van der Waals surface area contributed by atoms with Gasteiger partial charge in [0, 0.05) is 8.95 Å². The minimum Gasteiger partial charge on any atom is -0.324 e. The Bertz CT molecular complexity index is 836. The second-order valence-electron chi connectivity index (χ2n) is 4.91. The van der Waals surface area contributed by atoms with E-state index in [2.05, 4.69) is 37.2 Å². The first-order valence-corrected chi connectivity index (χ1v) is 8.26. The Morgan fingerprint density at radius 3 is 2.57 bits per heavy atom. The predicted octanol–water partition coefficient (Wildman–Crippen LogP) is 3.38. The highest BCUT2D eigenvalue weighted by Gasteiger charge is 2.36. The van der Waals surface area contributed by atoms with Gasteiger partial charge in [0.2, 0.25) is 5.91 Å². The molecule has 0 aromatic heterocycles. The van der Waals surface area contributed by atoms with Gasteiger partial charge in [0.1, 0.15) is 6.54 Å². The minimum atomic E-state index is -0.694. The first-order valence-electron chi connectivity index (χ1n) is 6.67. The third-order valence-corrected chi connectivity index (χ3v) is 4.57. The van der Waals surface area contributed by atoms with Gasteiger partial charge in [-0.2, -0.15) is 0 Å². The molecule has 2 amide bonds. The summed E-state index contributed by atoms with van der Waals surface area (Å²) in [6.45, 7) is -0.227. The van der Waals surface area contributed by atoms with E-state index in [9.17, 15) is 14.4 Å². The average molecular weight is 438 g/mol. The van der Waals surface area contributed by atoms with Crippen molar-refractivity contribution in [1.29, 1.82) is 0 Å². The second kappa shape index (κ2) is 6.25. The number of Topliss-reactive ketones (excluding diaryl/α,β-unsaturated/α-hetero) is 1. The summed E-state index contributed by atoms with van der Waals surface area (Å²) in [5.41, 5.74) is 1.36. The number of nitrogens with zero attached hydrogens (tertiary/aromatic N) is 1. The quantitative estimate of drug-likeness (QED) is 0.748. The van der Waals surface area contributed by atoms with E-state index < -0.39 is 11.7 Å². The molecule has 0 fully saturated rings. The Labute approximate surface area is 148 Å². The SMILES string of the molecule is O=C(CN1C(=O)C(=O)c2ccc(Br)cc21)Nc1ccccc1Br. The Hall–Kier alpha value is -1.99. The molecule has 0 bridgehead atoms. The van der Waals surface area contributed by atoms with Crippen molar-refractivity contribution in [2.24, 2.45) is 0 Å². The number of rotatable bonds is 3. The number of ketones is 1. The molecule has 0 atom stereocenters. The van der Waals surface area contributed by atoms with Crippen LogP contribution in [0.3, 0.4) is 0 Å². The highest BCUT2D eigenvalue weighted by atomic mass is 79.9. The zero-order valence-electron chi connectivity index (χ0n) is 11.7. The second-order valence-corrected chi connectivity index (χ2v) is 6.68. The molecular formula is C16H10Br2N2O3. The van der Waals surface area contributed by atoms with Gasteiger partial charge in [0.15, 0.2) is 0 Å². The first kappa shape index (κ1) is 15.9. The van der Waals surface area contributed by atoms with Crippen molar-refractivity contribution in [3.63, 3.8) is 0 Å². The van der Waals surface area contributed by atoms with Gasteiger partial charge in [-0.25, -0.2) is 0 Å². The van der Waals surface area contributed by atoms with Crippen molar-refractivity contribution in [2.75, 3.05) is 16.8 Å². The van der Waals surface area contributed by atoms with Gasteiger partial charge in [-0.3, -0.25) is 19.3 Å². The van der Waals surface area contributed by atoms with Crippen LogP contribution >= 0.6 is 31.9 Å². The monoisotopic (exact) mass is 436 g/mol. The van der Waals surface area contributed by atoms with Crippen molar-refractivity contribution in [3.05, 3.63) is 57.0 Å². The van der Waals surface area contributed by atoms with Crippen LogP contribution in [0.1, 0.15) is 10.4 Å². The van der Waals surface area contributed by atoms with Crippen LogP contribution in [0.4, 0.5) is 11.4 Å². The Balaban J connectivity index is 1.82. The molecule has 1 heterocycles. The number of amides is 2. The summed E-state index contributed by atoms with van der Waals surface area (Å²) in [4.78, 5) is 37.5. The molecule has 2 aromatic carbocycles. The Morgan fingerprint density at radius 1 is 1.09 bits per heavy atom. The molecule has 0 unspecified atom stereocenters. The topological polar surface area (TPSA) is 66.5 Å². The maximum absolute atomic E-state index is 12.2. The van der Waals surface area contributed by atoms with Crippen molar-refractivity contribution in [2.45, 2.75) is 0 Å². The fourth-order valence-electron chi connectivity index (χ4n) is 2.32. The molecule has 5 nitrogen and oxygen atoms in total. The zero-order chi connectivity index (χ0) is 16.6. The normalized spacial score (nSPS) is 13.2. The number of nitrogens with one attached hydrogen (secondary N) is 1. The molecule has 0 saturated heterocycles. The number of benzene rings is 2. The third kappa shape index (κ3) is 3.07. The van der Waals surface area contributed by atoms with Crippen molar-refractivity contribution < 1.29 is 14.4 Å². The molecule has 0 saturated carbocycles. The molecule has 1 aliphatic rings. The minimum absolute atomic E-state index is 0.227. The predicted molar refractivity (Wildman–Crippen MR) is 93.6 cm³/mol. The maximum atomic E-state index is 12.2. The fraction of sp³-hybridized carbons (Fsp3) is 0.0625. The van der Waals surface area contributed by atoms with E-state index in [1.807, 2.05) is 6.07 Å². The van der Waals surface area contributed by atoms with Crippen molar-refractivity contribution in [3.8, 4) is 0 Å². The Kier molecular flexibility index (Phi) is 4.32. The van der Waals surface area contributed by atoms with Gasteiger partial charge >= 0.3 is 0 Å². The molecule has 0 spiro atoms. The average Bonchev–Trinajstić information content (AvgIpc) is 2.74. The number of halogens is 2. The Morgan fingerprint density at radius 2 is 1.83 bits per heavy atom. The van der Waals surface area contributed by atoms with E-state index in [1.54, 1.807) is 36.4 Å². The van der Waals surface area contributed by atoms with Crippen LogP contribution in [0.5, 0.6) is 0 Å². The molecule has 3 rings (SSSR count). The summed E-state index contributed by atoms with van der Waals surface area (Å²) in [6.07, 6.45) is 0. The molecule has 1 N–H and O–H groups in total. The highest BCUT2D eigenvalue weighted by Crippen LogP contribution is 2.31. The molecule has 116 valence electrons. The molecule has 23 heavy (non-hydrogen) atoms. The van der Waals surface area contributed by atoms with Gasteiger partial charge in [0.05, 0.1) is 16.9 Å². The number of hydrogen-bond acceptors (Lipinski definition) is 3.